The van der Waals surface area contributed by atoms with Crippen LogP contribution in [-0.4, -0.2) is 23.1 Å². The average molecular weight is 425 g/mol. The lowest BCUT2D eigenvalue weighted by atomic mass is 10.2. The van der Waals surface area contributed by atoms with Gasteiger partial charge in [-0.2, -0.15) is 0 Å². The van der Waals surface area contributed by atoms with Crippen LogP contribution in [0.5, 0.6) is 11.5 Å². The molecular weight excluding hydrogens is 407 g/mol. The highest BCUT2D eigenvalue weighted by Gasteiger charge is 2.27. The summed E-state index contributed by atoms with van der Waals surface area (Å²) in [6.45, 7) is 4.17. The zero-order valence-electron chi connectivity index (χ0n) is 14.7. The van der Waals surface area contributed by atoms with Crippen molar-refractivity contribution in [3.63, 3.8) is 0 Å². The van der Waals surface area contributed by atoms with Crippen LogP contribution in [0.4, 0.5) is 5.69 Å². The molecule has 0 saturated carbocycles. The summed E-state index contributed by atoms with van der Waals surface area (Å²) in [5.74, 6) is -0.0241. The Morgan fingerprint density at radius 2 is 2.11 bits per heavy atom. The number of benzene rings is 2. The van der Waals surface area contributed by atoms with E-state index in [4.69, 9.17) is 27.9 Å². The van der Waals surface area contributed by atoms with E-state index < -0.39 is 0 Å². The lowest BCUT2D eigenvalue weighted by Gasteiger charge is -2.15. The summed E-state index contributed by atoms with van der Waals surface area (Å²) in [4.78, 5) is 12.8. The number of aryl methyl sites for hydroxylation is 1. The zero-order valence-corrected chi connectivity index (χ0v) is 17.0. The van der Waals surface area contributed by atoms with Crippen LogP contribution in [0.2, 0.25) is 10.0 Å². The fraction of sp³-hybridized carbons (Fsp3) is 0.211. The average Bonchev–Trinajstić information content (AvgIpc) is 2.95. The molecule has 1 fully saturated rings. The number of aromatic hydroxyl groups is 1. The van der Waals surface area contributed by atoms with Gasteiger partial charge in [0.15, 0.2) is 17.0 Å². The summed E-state index contributed by atoms with van der Waals surface area (Å²) >= 11 is 13.5. The Bertz CT molecular complexity index is 918. The normalized spacial score (nSPS) is 17.9. The molecule has 1 aliphatic heterocycles. The number of phenols is 1. The third-order valence-corrected chi connectivity index (χ3v) is 5.42. The van der Waals surface area contributed by atoms with Gasteiger partial charge in [-0.25, -0.2) is 0 Å². The molecule has 8 heteroatoms. The molecule has 0 radical (unpaired) electrons. The minimum Gasteiger partial charge on any atom is -0.503 e. The SMILES string of the molecule is CCOc1cc(/C=C2\SC(Nc3cc(Cl)ccc3C)NC2=O)cc(Cl)c1O. The molecule has 0 aliphatic carbocycles. The number of amides is 1. The van der Waals surface area contributed by atoms with Gasteiger partial charge in [0.2, 0.25) is 0 Å². The minimum atomic E-state index is -0.320. The zero-order chi connectivity index (χ0) is 19.6. The van der Waals surface area contributed by atoms with Gasteiger partial charge in [0.1, 0.15) is 0 Å². The number of anilines is 1. The monoisotopic (exact) mass is 424 g/mol. The molecule has 3 rings (SSSR count). The van der Waals surface area contributed by atoms with Crippen LogP contribution in [0.15, 0.2) is 35.2 Å². The predicted octanol–water partition coefficient (Wildman–Crippen LogP) is 5.01. The van der Waals surface area contributed by atoms with E-state index in [1.54, 1.807) is 18.2 Å². The number of rotatable bonds is 5. The first kappa shape index (κ1) is 19.7. The molecule has 1 amide bonds. The molecule has 1 aliphatic rings. The number of halogens is 2. The maximum Gasteiger partial charge on any atom is 0.260 e. The molecule has 0 spiro atoms. The third kappa shape index (κ3) is 4.64. The molecule has 2 aromatic carbocycles. The number of thioether (sulfide) groups is 1. The first-order valence-corrected chi connectivity index (χ1v) is 9.88. The van der Waals surface area contributed by atoms with Crippen LogP contribution in [0.25, 0.3) is 6.08 Å². The van der Waals surface area contributed by atoms with Gasteiger partial charge in [-0.1, -0.05) is 41.0 Å². The topological polar surface area (TPSA) is 70.6 Å². The molecule has 1 unspecified atom stereocenters. The maximum atomic E-state index is 12.3. The van der Waals surface area contributed by atoms with Crippen molar-refractivity contribution in [1.82, 2.24) is 5.32 Å². The summed E-state index contributed by atoms with van der Waals surface area (Å²) in [5.41, 5.74) is 2.23. The lowest BCUT2D eigenvalue weighted by molar-refractivity contribution is -0.116. The smallest absolute Gasteiger partial charge is 0.260 e. The first-order chi connectivity index (χ1) is 12.9. The molecule has 1 heterocycles. The summed E-state index contributed by atoms with van der Waals surface area (Å²) in [6.07, 6.45) is 1.71. The Labute approximate surface area is 171 Å². The van der Waals surface area contributed by atoms with Crippen molar-refractivity contribution in [2.24, 2.45) is 0 Å². The van der Waals surface area contributed by atoms with Crippen molar-refractivity contribution in [2.75, 3.05) is 11.9 Å². The van der Waals surface area contributed by atoms with E-state index in [-0.39, 0.29) is 27.9 Å². The highest BCUT2D eigenvalue weighted by Crippen LogP contribution is 2.37. The number of hydrogen-bond acceptors (Lipinski definition) is 5. The van der Waals surface area contributed by atoms with E-state index in [2.05, 4.69) is 10.6 Å². The molecule has 1 saturated heterocycles. The number of ether oxygens (including phenoxy) is 1. The van der Waals surface area contributed by atoms with E-state index in [0.29, 0.717) is 22.1 Å². The van der Waals surface area contributed by atoms with Crippen molar-refractivity contribution in [2.45, 2.75) is 19.3 Å². The maximum absolute atomic E-state index is 12.3. The van der Waals surface area contributed by atoms with E-state index in [1.807, 2.05) is 32.0 Å². The van der Waals surface area contributed by atoms with Crippen LogP contribution >= 0.6 is 35.0 Å². The van der Waals surface area contributed by atoms with Gasteiger partial charge in [0.25, 0.3) is 5.91 Å². The van der Waals surface area contributed by atoms with Gasteiger partial charge in [-0.05, 0) is 55.3 Å². The van der Waals surface area contributed by atoms with Gasteiger partial charge in [0.05, 0.1) is 16.5 Å². The fourth-order valence-corrected chi connectivity index (χ4v) is 3.92. The second kappa shape index (κ2) is 8.33. The summed E-state index contributed by atoms with van der Waals surface area (Å²) in [5, 5.41) is 16.9. The quantitative estimate of drug-likeness (QED) is 0.588. The molecule has 3 N–H and O–H groups in total. The van der Waals surface area contributed by atoms with E-state index in [9.17, 15) is 9.90 Å². The Balaban J connectivity index is 1.80. The highest BCUT2D eigenvalue weighted by atomic mass is 35.5. The van der Waals surface area contributed by atoms with Crippen LogP contribution in [0.3, 0.4) is 0 Å². The molecule has 5 nitrogen and oxygen atoms in total. The first-order valence-electron chi connectivity index (χ1n) is 8.24. The molecule has 2 aromatic rings. The van der Waals surface area contributed by atoms with Crippen LogP contribution in [0, 0.1) is 6.92 Å². The number of hydrogen-bond donors (Lipinski definition) is 3. The second-order valence-corrected chi connectivity index (χ2v) is 7.86. The Morgan fingerprint density at radius 3 is 2.85 bits per heavy atom. The largest absolute Gasteiger partial charge is 0.503 e. The van der Waals surface area contributed by atoms with Crippen LogP contribution in [-0.2, 0) is 4.79 Å². The van der Waals surface area contributed by atoms with Gasteiger partial charge in [0, 0.05) is 10.7 Å². The molecule has 0 bridgehead atoms. The highest BCUT2D eigenvalue weighted by molar-refractivity contribution is 8.05. The van der Waals surface area contributed by atoms with Crippen molar-refractivity contribution < 1.29 is 14.6 Å². The Hall–Kier alpha value is -2.02. The van der Waals surface area contributed by atoms with Crippen molar-refractivity contribution in [3.05, 3.63) is 56.4 Å². The van der Waals surface area contributed by atoms with Crippen molar-refractivity contribution >= 4 is 52.6 Å². The standard InChI is InChI=1S/C19H18Cl2N2O3S/c1-3-26-15-7-11(6-13(21)17(15)24)8-16-18(25)23-19(27-16)22-14-9-12(20)5-4-10(14)2/h4-9,19,22,24H,3H2,1-2H3,(H,23,25)/b16-8-. The minimum absolute atomic E-state index is 0.111. The summed E-state index contributed by atoms with van der Waals surface area (Å²) in [6, 6.07) is 8.78. The number of carbonyl (C=O) groups excluding carboxylic acids is 1. The molecule has 0 aromatic heterocycles. The lowest BCUT2D eigenvalue weighted by Crippen LogP contribution is -2.31. The summed E-state index contributed by atoms with van der Waals surface area (Å²) < 4.78 is 5.38. The fourth-order valence-electron chi connectivity index (χ4n) is 2.55. The van der Waals surface area contributed by atoms with E-state index in [0.717, 1.165) is 11.3 Å². The number of carbonyl (C=O) groups is 1. The molecule has 27 heavy (non-hydrogen) atoms. The second-order valence-electron chi connectivity index (χ2n) is 5.87. The Kier molecular flexibility index (Phi) is 6.09. The molecule has 1 atom stereocenters. The van der Waals surface area contributed by atoms with Gasteiger partial charge in [-0.3, -0.25) is 4.79 Å². The van der Waals surface area contributed by atoms with Crippen LogP contribution < -0.4 is 15.4 Å². The van der Waals surface area contributed by atoms with Crippen molar-refractivity contribution in [1.29, 1.82) is 0 Å². The summed E-state index contributed by atoms with van der Waals surface area (Å²) in [7, 11) is 0. The number of nitrogens with one attached hydrogen (secondary N) is 2. The number of phenolic OH excluding ortho intramolecular Hbond substituents is 1. The third-order valence-electron chi connectivity index (χ3n) is 3.87. The van der Waals surface area contributed by atoms with Gasteiger partial charge >= 0.3 is 0 Å². The Morgan fingerprint density at radius 1 is 1.33 bits per heavy atom. The van der Waals surface area contributed by atoms with Crippen LogP contribution in [0.1, 0.15) is 18.1 Å². The van der Waals surface area contributed by atoms with Gasteiger partial charge in [-0.15, -0.1) is 0 Å². The van der Waals surface area contributed by atoms with E-state index >= 15 is 0 Å². The molecule has 142 valence electrons. The predicted molar refractivity (Wildman–Crippen MR) is 112 cm³/mol. The van der Waals surface area contributed by atoms with Crippen molar-refractivity contribution in [3.8, 4) is 11.5 Å². The van der Waals surface area contributed by atoms with Gasteiger partial charge < -0.3 is 20.5 Å². The molecular formula is C19H18Cl2N2O3S. The van der Waals surface area contributed by atoms with E-state index in [1.165, 1.54) is 11.8 Å².